The predicted octanol–water partition coefficient (Wildman–Crippen LogP) is 1.59. The molecule has 1 aromatic carbocycles. The summed E-state index contributed by atoms with van der Waals surface area (Å²) >= 11 is 0. The Balaban J connectivity index is 1.84. The van der Waals surface area contributed by atoms with Gasteiger partial charge in [0.05, 0.1) is 0 Å². The Kier molecular flexibility index (Phi) is 7.73. The number of amides is 1. The van der Waals surface area contributed by atoms with Gasteiger partial charge in [0.15, 0.2) is 5.96 Å². The van der Waals surface area contributed by atoms with Gasteiger partial charge in [0.2, 0.25) is 0 Å². The quantitative estimate of drug-likeness (QED) is 0.518. The number of likely N-dealkylation sites (tertiary alicyclic amines) is 1. The maximum absolute atomic E-state index is 11.9. The van der Waals surface area contributed by atoms with Gasteiger partial charge < -0.3 is 16.0 Å². The molecule has 6 heteroatoms. The molecule has 6 nitrogen and oxygen atoms in total. The smallest absolute Gasteiger partial charge is 0.251 e. The summed E-state index contributed by atoms with van der Waals surface area (Å²) in [5.41, 5.74) is 1.75. The summed E-state index contributed by atoms with van der Waals surface area (Å²) in [6.45, 7) is 8.61. The van der Waals surface area contributed by atoms with Crippen molar-refractivity contribution in [1.29, 1.82) is 0 Å². The average Bonchev–Trinajstić information content (AvgIpc) is 3.10. The number of likely N-dealkylation sites (N-methyl/N-ethyl adjacent to an activating group) is 1. The summed E-state index contributed by atoms with van der Waals surface area (Å²) in [6.07, 6.45) is 2.52. The van der Waals surface area contributed by atoms with Crippen molar-refractivity contribution in [2.45, 2.75) is 39.3 Å². The topological polar surface area (TPSA) is 68.8 Å². The van der Waals surface area contributed by atoms with E-state index >= 15 is 0 Å². The van der Waals surface area contributed by atoms with Gasteiger partial charge in [0.25, 0.3) is 5.91 Å². The lowest BCUT2D eigenvalue weighted by Crippen LogP contribution is -2.44. The summed E-state index contributed by atoms with van der Waals surface area (Å²) in [4.78, 5) is 18.7. The Hall–Kier alpha value is -2.08. The molecular weight excluding hydrogens is 314 g/mol. The Labute approximate surface area is 151 Å². The summed E-state index contributed by atoms with van der Waals surface area (Å²) in [7, 11) is 1.78. The minimum Gasteiger partial charge on any atom is -0.355 e. The molecule has 0 saturated carbocycles. The molecule has 0 radical (unpaired) electrons. The average molecular weight is 345 g/mol. The van der Waals surface area contributed by atoms with Crippen LogP contribution >= 0.6 is 0 Å². The fraction of sp³-hybridized carbons (Fsp3) is 0.579. The number of carbonyl (C=O) groups is 1. The molecule has 0 aliphatic carbocycles. The Morgan fingerprint density at radius 3 is 2.84 bits per heavy atom. The highest BCUT2D eigenvalue weighted by atomic mass is 16.1. The molecule has 1 fully saturated rings. The Morgan fingerprint density at radius 2 is 2.12 bits per heavy atom. The van der Waals surface area contributed by atoms with E-state index in [9.17, 15) is 4.79 Å². The van der Waals surface area contributed by atoms with E-state index in [0.717, 1.165) is 24.6 Å². The third kappa shape index (κ3) is 5.74. The lowest BCUT2D eigenvalue weighted by atomic mass is 10.1. The summed E-state index contributed by atoms with van der Waals surface area (Å²) < 4.78 is 0. The second kappa shape index (κ2) is 10.0. The molecule has 1 aromatic rings. The van der Waals surface area contributed by atoms with Gasteiger partial charge in [-0.3, -0.25) is 14.7 Å². The number of benzene rings is 1. The second-order valence-corrected chi connectivity index (χ2v) is 6.29. The normalized spacial score (nSPS) is 18.2. The van der Waals surface area contributed by atoms with Gasteiger partial charge in [-0.15, -0.1) is 0 Å². The molecule has 1 unspecified atom stereocenters. The molecule has 3 N–H and O–H groups in total. The van der Waals surface area contributed by atoms with Crippen LogP contribution in [0.25, 0.3) is 0 Å². The minimum atomic E-state index is -0.0345. The highest BCUT2D eigenvalue weighted by Crippen LogP contribution is 2.15. The van der Waals surface area contributed by atoms with Crippen LogP contribution in [0, 0.1) is 0 Å². The molecule has 1 heterocycles. The van der Waals surface area contributed by atoms with E-state index in [1.165, 1.54) is 19.4 Å². The summed E-state index contributed by atoms with van der Waals surface area (Å²) in [5.74, 6) is 0.763. The van der Waals surface area contributed by atoms with E-state index in [4.69, 9.17) is 0 Å². The Bertz CT molecular complexity index is 587. The van der Waals surface area contributed by atoms with E-state index in [-0.39, 0.29) is 5.91 Å². The number of nitrogens with one attached hydrogen (secondary N) is 3. The number of aliphatic imine (C=N–C) groups is 1. The minimum absolute atomic E-state index is 0.0345. The number of hydrogen-bond acceptors (Lipinski definition) is 3. The van der Waals surface area contributed by atoms with Crippen molar-refractivity contribution in [3.05, 3.63) is 35.4 Å². The first kappa shape index (κ1) is 19.2. The van der Waals surface area contributed by atoms with Crippen molar-refractivity contribution in [3.63, 3.8) is 0 Å². The van der Waals surface area contributed by atoms with Crippen LogP contribution in [-0.4, -0.2) is 56.0 Å². The molecule has 138 valence electrons. The van der Waals surface area contributed by atoms with Crippen molar-refractivity contribution in [2.24, 2.45) is 4.99 Å². The fourth-order valence-corrected chi connectivity index (χ4v) is 3.25. The molecule has 0 aromatic heterocycles. The largest absolute Gasteiger partial charge is 0.355 e. The highest BCUT2D eigenvalue weighted by Gasteiger charge is 2.22. The van der Waals surface area contributed by atoms with Gasteiger partial charge in [0, 0.05) is 38.3 Å². The number of rotatable bonds is 7. The Morgan fingerprint density at radius 1 is 1.28 bits per heavy atom. The zero-order chi connectivity index (χ0) is 18.1. The first-order valence-corrected chi connectivity index (χ1v) is 9.23. The first-order valence-electron chi connectivity index (χ1n) is 9.23. The lowest BCUT2D eigenvalue weighted by molar-refractivity contribution is 0.0955. The lowest BCUT2D eigenvalue weighted by Gasteiger charge is -2.24. The van der Waals surface area contributed by atoms with Gasteiger partial charge >= 0.3 is 0 Å². The van der Waals surface area contributed by atoms with Crippen LogP contribution < -0.4 is 16.0 Å². The zero-order valence-corrected chi connectivity index (χ0v) is 15.6. The van der Waals surface area contributed by atoms with E-state index in [2.05, 4.69) is 32.8 Å². The highest BCUT2D eigenvalue weighted by molar-refractivity contribution is 5.94. The SMILES string of the molecule is CCNC(=O)c1cccc(CNC(=NC)NCC2CCCN2CC)c1. The molecule has 0 spiro atoms. The van der Waals surface area contributed by atoms with Crippen molar-refractivity contribution < 1.29 is 4.79 Å². The van der Waals surface area contributed by atoms with Crippen LogP contribution in [-0.2, 0) is 6.54 Å². The first-order chi connectivity index (χ1) is 12.2. The predicted molar refractivity (Wildman–Crippen MR) is 103 cm³/mol. The fourth-order valence-electron chi connectivity index (χ4n) is 3.25. The monoisotopic (exact) mass is 345 g/mol. The molecule has 1 saturated heterocycles. The third-order valence-corrected chi connectivity index (χ3v) is 4.62. The molecular formula is C19H31N5O. The number of nitrogens with zero attached hydrogens (tertiary/aromatic N) is 2. The van der Waals surface area contributed by atoms with Gasteiger partial charge in [-0.25, -0.2) is 0 Å². The van der Waals surface area contributed by atoms with E-state index < -0.39 is 0 Å². The molecule has 2 rings (SSSR count). The standard InChI is InChI=1S/C19H31N5O/c1-4-21-18(25)16-9-6-8-15(12-16)13-22-19(20-3)23-14-17-10-7-11-24(17)5-2/h6,8-9,12,17H,4-5,7,10-11,13-14H2,1-3H3,(H,21,25)(H2,20,22,23). The van der Waals surface area contributed by atoms with Crippen LogP contribution in [0.1, 0.15) is 42.6 Å². The van der Waals surface area contributed by atoms with Crippen molar-refractivity contribution in [3.8, 4) is 0 Å². The van der Waals surface area contributed by atoms with Crippen LogP contribution in [0.3, 0.4) is 0 Å². The number of guanidine groups is 1. The maximum atomic E-state index is 11.9. The molecule has 1 aliphatic heterocycles. The number of carbonyl (C=O) groups excluding carboxylic acids is 1. The van der Waals surface area contributed by atoms with E-state index in [0.29, 0.717) is 24.7 Å². The van der Waals surface area contributed by atoms with Crippen LogP contribution in [0.2, 0.25) is 0 Å². The number of hydrogen-bond donors (Lipinski definition) is 3. The van der Waals surface area contributed by atoms with Gasteiger partial charge in [-0.2, -0.15) is 0 Å². The van der Waals surface area contributed by atoms with Crippen molar-refractivity contribution in [2.75, 3.05) is 33.2 Å². The van der Waals surface area contributed by atoms with Crippen LogP contribution in [0.4, 0.5) is 0 Å². The van der Waals surface area contributed by atoms with Gasteiger partial charge in [-0.05, 0) is 50.6 Å². The second-order valence-electron chi connectivity index (χ2n) is 6.29. The van der Waals surface area contributed by atoms with Crippen LogP contribution in [0.15, 0.2) is 29.3 Å². The molecule has 1 aliphatic rings. The van der Waals surface area contributed by atoms with Crippen molar-refractivity contribution >= 4 is 11.9 Å². The zero-order valence-electron chi connectivity index (χ0n) is 15.6. The van der Waals surface area contributed by atoms with E-state index in [1.54, 1.807) is 7.05 Å². The summed E-state index contributed by atoms with van der Waals surface area (Å²) in [5, 5.41) is 9.58. The van der Waals surface area contributed by atoms with E-state index in [1.807, 2.05) is 31.2 Å². The van der Waals surface area contributed by atoms with Gasteiger partial charge in [0.1, 0.15) is 0 Å². The van der Waals surface area contributed by atoms with Crippen LogP contribution in [0.5, 0.6) is 0 Å². The molecule has 1 atom stereocenters. The third-order valence-electron chi connectivity index (χ3n) is 4.62. The molecule has 1 amide bonds. The van der Waals surface area contributed by atoms with Crippen molar-refractivity contribution in [1.82, 2.24) is 20.9 Å². The van der Waals surface area contributed by atoms with Gasteiger partial charge in [-0.1, -0.05) is 19.1 Å². The molecule has 0 bridgehead atoms. The maximum Gasteiger partial charge on any atom is 0.251 e. The molecule has 25 heavy (non-hydrogen) atoms. The summed E-state index contributed by atoms with van der Waals surface area (Å²) in [6, 6.07) is 8.26.